The number of ketones is 2. The predicted molar refractivity (Wildman–Crippen MR) is 203 cm³/mol. The fraction of sp³-hybridized carbons (Fsp3) is 0.0278. The second-order valence-corrected chi connectivity index (χ2v) is 14.0. The number of allylic oxidation sites excluding steroid dienone is 10. The Hall–Kier alpha value is -6.54. The van der Waals surface area contributed by atoms with Crippen molar-refractivity contribution in [2.24, 2.45) is 0 Å². The van der Waals surface area contributed by atoms with Gasteiger partial charge in [0, 0.05) is 64.5 Å². The number of hydrogen-bond acceptors (Lipinski definition) is 13. The molecule has 1 radical (unpaired) electrons. The van der Waals surface area contributed by atoms with Gasteiger partial charge in [-0.2, -0.15) is 0 Å². The van der Waals surface area contributed by atoms with Crippen molar-refractivity contribution in [1.82, 2.24) is 19.9 Å². The molecule has 2 aromatic heterocycles. The van der Waals surface area contributed by atoms with Gasteiger partial charge in [0.15, 0.2) is 11.6 Å². The fourth-order valence-electron chi connectivity index (χ4n) is 4.04. The zero-order valence-electron chi connectivity index (χ0n) is 28.7. The van der Waals surface area contributed by atoms with Gasteiger partial charge in [0.05, 0.1) is 16.7 Å². The topological polar surface area (TPSA) is 242 Å². The number of rotatable bonds is 10. The second kappa shape index (κ2) is 20.6. The van der Waals surface area contributed by atoms with E-state index in [1.165, 1.54) is 68.1 Å². The van der Waals surface area contributed by atoms with Gasteiger partial charge >= 0.3 is 22.7 Å². The second-order valence-electron chi connectivity index (χ2n) is 10.6. The van der Waals surface area contributed by atoms with Crippen molar-refractivity contribution in [3.05, 3.63) is 158 Å². The largest absolute Gasteiger partial charge is 2.00 e. The van der Waals surface area contributed by atoms with Gasteiger partial charge in [-0.05, 0) is 85.0 Å². The smallest absolute Gasteiger partial charge is 0.565 e. The Morgan fingerprint density at radius 1 is 0.582 bits per heavy atom. The van der Waals surface area contributed by atoms with E-state index in [-0.39, 0.29) is 50.0 Å². The maximum absolute atomic E-state index is 12.3. The van der Waals surface area contributed by atoms with E-state index in [0.29, 0.717) is 22.5 Å². The quantitative estimate of drug-likeness (QED) is 0.132. The first kappa shape index (κ1) is 42.9. The molecular formula is C36H33CoN8O8S2+3. The minimum Gasteiger partial charge on any atom is -0.565 e. The average Bonchev–Trinajstić information content (AvgIpc) is 3.15. The molecule has 55 heavy (non-hydrogen) atoms. The van der Waals surface area contributed by atoms with Crippen molar-refractivity contribution in [1.29, 1.82) is 0 Å². The summed E-state index contributed by atoms with van der Waals surface area (Å²) in [4.78, 5) is 47.8. The third kappa shape index (κ3) is 14.1. The molecule has 2 aromatic carbocycles. The predicted octanol–water partition coefficient (Wildman–Crippen LogP) is 3.79. The van der Waals surface area contributed by atoms with Gasteiger partial charge in [-0.15, -0.1) is 0 Å². The van der Waals surface area contributed by atoms with Gasteiger partial charge in [0.25, 0.3) is 20.0 Å². The third-order valence-electron chi connectivity index (χ3n) is 6.54. The standard InChI is InChI=1S/2C17H14N4O3S.C2H4O2.Co/c2*22-16-5-2-1-4-13(16)12-20-14-6-8-15(9-7-14)25(23,24)21-17-18-10-3-11-19-17;1-2(3)4;/h2*1-12,20H,(H,18,19,21);1H3,(H,3,4);/q;;;+2/p+1. The first-order chi connectivity index (χ1) is 25.8. The van der Waals surface area contributed by atoms with Crippen molar-refractivity contribution in [2.75, 3.05) is 20.1 Å². The van der Waals surface area contributed by atoms with Gasteiger partial charge in [-0.25, -0.2) is 46.2 Å². The van der Waals surface area contributed by atoms with Crippen LogP contribution in [0.4, 0.5) is 23.3 Å². The molecule has 283 valence electrons. The van der Waals surface area contributed by atoms with Crippen LogP contribution in [0.1, 0.15) is 6.92 Å². The normalized spacial score (nSPS) is 14.4. The molecule has 0 saturated heterocycles. The summed E-state index contributed by atoms with van der Waals surface area (Å²) in [6.07, 6.45) is 22.1. The number of anilines is 4. The molecule has 0 bridgehead atoms. The molecule has 0 atom stereocenters. The molecule has 6 N–H and O–H groups in total. The minimum absolute atomic E-state index is 0. The van der Waals surface area contributed by atoms with E-state index in [1.807, 2.05) is 0 Å². The monoisotopic (exact) mass is 828 g/mol. The number of hydrogen-bond donors (Lipinski definition) is 4. The molecule has 2 heterocycles. The maximum atomic E-state index is 12.3. The number of carbonyl (C=O) groups excluding carboxylic acids is 3. The van der Waals surface area contributed by atoms with E-state index >= 15 is 0 Å². The van der Waals surface area contributed by atoms with Crippen LogP contribution in [0.25, 0.3) is 0 Å². The SMILES string of the molecule is CC(=O)[OH2+].O=C1C=CC=CC1=CNc1ccc(S(=O)(=O)Nc2ncccn2)cc1.O=C1C=CC=CC1=CNc1ccc(S(=O)(=O)Nc2ncccn2)cc1.[Co+2]. The Balaban J connectivity index is 0.000000265. The van der Waals surface area contributed by atoms with Crippen LogP contribution in [-0.4, -0.2) is 59.4 Å². The summed E-state index contributed by atoms with van der Waals surface area (Å²) in [5, 5.41) is 11.9. The number of sulfonamides is 2. The zero-order chi connectivity index (χ0) is 39.0. The Morgan fingerprint density at radius 3 is 1.20 bits per heavy atom. The summed E-state index contributed by atoms with van der Waals surface area (Å²) < 4.78 is 53.7. The van der Waals surface area contributed by atoms with Crippen LogP contribution < -0.4 is 20.1 Å². The number of nitrogens with one attached hydrogen (secondary N) is 4. The van der Waals surface area contributed by atoms with Crippen LogP contribution in [0.3, 0.4) is 0 Å². The molecule has 2 aliphatic carbocycles. The van der Waals surface area contributed by atoms with Gasteiger partial charge < -0.3 is 15.7 Å². The van der Waals surface area contributed by atoms with Crippen molar-refractivity contribution >= 4 is 60.9 Å². The molecule has 0 unspecified atom stereocenters. The van der Waals surface area contributed by atoms with Gasteiger partial charge in [0.1, 0.15) is 0 Å². The van der Waals surface area contributed by atoms with E-state index < -0.39 is 26.0 Å². The van der Waals surface area contributed by atoms with Crippen LogP contribution in [0.5, 0.6) is 0 Å². The Morgan fingerprint density at radius 2 is 0.891 bits per heavy atom. The van der Waals surface area contributed by atoms with Crippen LogP contribution >= 0.6 is 0 Å². The number of carbonyl (C=O) groups is 3. The van der Waals surface area contributed by atoms with E-state index in [9.17, 15) is 26.4 Å². The summed E-state index contributed by atoms with van der Waals surface area (Å²) in [6.45, 7) is 1.19. The van der Waals surface area contributed by atoms with Crippen LogP contribution in [0, 0.1) is 0 Å². The Kier molecular flexibility index (Phi) is 16.1. The summed E-state index contributed by atoms with van der Waals surface area (Å²) in [6, 6.07) is 15.4. The Bertz CT molecular complexity index is 2200. The summed E-state index contributed by atoms with van der Waals surface area (Å²) in [5.41, 5.74) is 2.33. The summed E-state index contributed by atoms with van der Waals surface area (Å²) in [7, 11) is -7.53. The molecule has 0 fully saturated rings. The minimum atomic E-state index is -3.77. The average molecular weight is 829 g/mol. The molecule has 16 nitrogen and oxygen atoms in total. The molecule has 4 aromatic rings. The van der Waals surface area contributed by atoms with Gasteiger partial charge in [-0.3, -0.25) is 9.59 Å². The zero-order valence-corrected chi connectivity index (χ0v) is 31.3. The molecule has 6 rings (SSSR count). The van der Waals surface area contributed by atoms with Crippen molar-refractivity contribution in [3.8, 4) is 0 Å². The van der Waals surface area contributed by atoms with Gasteiger partial charge in [0.2, 0.25) is 11.9 Å². The van der Waals surface area contributed by atoms with Crippen molar-refractivity contribution in [3.63, 3.8) is 0 Å². The molecule has 0 aliphatic heterocycles. The molecule has 0 spiro atoms. The molecular weight excluding hydrogens is 796 g/mol. The van der Waals surface area contributed by atoms with Crippen molar-refractivity contribution < 1.29 is 53.1 Å². The van der Waals surface area contributed by atoms with E-state index in [4.69, 9.17) is 9.90 Å². The Labute approximate surface area is 327 Å². The fourth-order valence-corrected chi connectivity index (χ4v) is 5.96. The van der Waals surface area contributed by atoms with E-state index in [1.54, 1.807) is 85.3 Å². The maximum Gasteiger partial charge on any atom is 2.00 e. The first-order valence-electron chi connectivity index (χ1n) is 15.6. The van der Waals surface area contributed by atoms with Crippen LogP contribution in [0.15, 0.2) is 167 Å². The third-order valence-corrected chi connectivity index (χ3v) is 9.23. The molecule has 2 aliphatic rings. The van der Waals surface area contributed by atoms with Crippen molar-refractivity contribution in [2.45, 2.75) is 16.7 Å². The molecule has 0 saturated carbocycles. The summed E-state index contributed by atoms with van der Waals surface area (Å²) in [5.74, 6) is -0.766. The van der Waals surface area contributed by atoms with E-state index in [2.05, 4.69) is 40.0 Å². The number of benzene rings is 2. The summed E-state index contributed by atoms with van der Waals surface area (Å²) >= 11 is 0. The number of nitrogens with zero attached hydrogens (tertiary/aromatic N) is 4. The van der Waals surface area contributed by atoms with Crippen LogP contribution in [-0.2, 0) is 51.2 Å². The van der Waals surface area contributed by atoms with Crippen LogP contribution in [0.2, 0.25) is 0 Å². The molecule has 19 heteroatoms. The first-order valence-corrected chi connectivity index (χ1v) is 18.5. The number of aromatic nitrogens is 4. The van der Waals surface area contributed by atoms with E-state index in [0.717, 1.165) is 0 Å². The molecule has 0 amide bonds. The van der Waals surface area contributed by atoms with Gasteiger partial charge in [-0.1, -0.05) is 24.3 Å².